The average Bonchev–Trinajstić information content (AvgIpc) is 2.79. The zero-order valence-corrected chi connectivity index (χ0v) is 8.92. The van der Waals surface area contributed by atoms with Crippen molar-refractivity contribution in [3.8, 4) is 5.69 Å². The lowest BCUT2D eigenvalue weighted by molar-refractivity contribution is 0.0986. The first-order chi connectivity index (χ1) is 7.83. The van der Waals surface area contributed by atoms with Crippen LogP contribution < -0.4 is 5.32 Å². The number of Topliss-reactive ketones (excluding diaryl/α,β-unsaturated/α-hetero) is 1. The Kier molecular flexibility index (Phi) is 3.07. The monoisotopic (exact) mass is 216 g/mol. The lowest BCUT2D eigenvalue weighted by Gasteiger charge is -2.04. The molecule has 2 rings (SSSR count). The second-order valence-corrected chi connectivity index (χ2v) is 3.32. The van der Waals surface area contributed by atoms with E-state index >= 15 is 0 Å². The Hall–Kier alpha value is -2.01. The van der Waals surface area contributed by atoms with Gasteiger partial charge in [0.2, 0.25) is 0 Å². The van der Waals surface area contributed by atoms with Crippen LogP contribution in [0.5, 0.6) is 0 Å². The SMILES string of the molecule is CNCC(=O)c1cnnn1-c1ccccc1. The number of likely N-dealkylation sites (N-methyl/N-ethyl adjacent to an activating group) is 1. The summed E-state index contributed by atoms with van der Waals surface area (Å²) in [5, 5.41) is 10.5. The van der Waals surface area contributed by atoms with Gasteiger partial charge in [-0.2, -0.15) is 0 Å². The van der Waals surface area contributed by atoms with E-state index in [4.69, 9.17) is 0 Å². The summed E-state index contributed by atoms with van der Waals surface area (Å²) in [7, 11) is 1.73. The molecule has 0 radical (unpaired) electrons. The zero-order chi connectivity index (χ0) is 11.4. The van der Waals surface area contributed by atoms with Crippen LogP contribution in [0.3, 0.4) is 0 Å². The fraction of sp³-hybridized carbons (Fsp3) is 0.182. The predicted molar refractivity (Wildman–Crippen MR) is 59.6 cm³/mol. The van der Waals surface area contributed by atoms with Gasteiger partial charge in [-0.3, -0.25) is 4.79 Å². The molecular formula is C11H12N4O. The predicted octanol–water partition coefficient (Wildman–Crippen LogP) is 0.669. The van der Waals surface area contributed by atoms with Crippen LogP contribution in [0, 0.1) is 0 Å². The van der Waals surface area contributed by atoms with Gasteiger partial charge in [0.15, 0.2) is 5.78 Å². The second-order valence-electron chi connectivity index (χ2n) is 3.32. The van der Waals surface area contributed by atoms with Crippen molar-refractivity contribution in [1.82, 2.24) is 20.3 Å². The molecule has 1 aromatic heterocycles. The minimum Gasteiger partial charge on any atom is -0.313 e. The lowest BCUT2D eigenvalue weighted by atomic mass is 10.2. The molecule has 0 fully saturated rings. The molecule has 0 atom stereocenters. The van der Waals surface area contributed by atoms with Crippen molar-refractivity contribution >= 4 is 5.78 Å². The third-order valence-corrected chi connectivity index (χ3v) is 2.17. The highest BCUT2D eigenvalue weighted by molar-refractivity contribution is 5.96. The number of carbonyl (C=O) groups excluding carboxylic acids is 1. The molecule has 16 heavy (non-hydrogen) atoms. The highest BCUT2D eigenvalue weighted by Gasteiger charge is 2.12. The summed E-state index contributed by atoms with van der Waals surface area (Å²) < 4.78 is 1.54. The number of rotatable bonds is 4. The number of para-hydroxylation sites is 1. The van der Waals surface area contributed by atoms with Gasteiger partial charge in [-0.25, -0.2) is 4.68 Å². The molecule has 0 saturated heterocycles. The molecule has 0 saturated carbocycles. The summed E-state index contributed by atoms with van der Waals surface area (Å²) >= 11 is 0. The van der Waals surface area contributed by atoms with Crippen molar-refractivity contribution in [3.05, 3.63) is 42.2 Å². The van der Waals surface area contributed by atoms with E-state index in [0.29, 0.717) is 5.69 Å². The molecule has 0 aliphatic rings. The maximum absolute atomic E-state index is 11.7. The molecule has 82 valence electrons. The van der Waals surface area contributed by atoms with Gasteiger partial charge in [-0.1, -0.05) is 23.4 Å². The first-order valence-corrected chi connectivity index (χ1v) is 4.97. The highest BCUT2D eigenvalue weighted by atomic mass is 16.1. The molecule has 0 aliphatic heterocycles. The van der Waals surface area contributed by atoms with Gasteiger partial charge in [-0.15, -0.1) is 5.10 Å². The fourth-order valence-corrected chi connectivity index (χ4v) is 1.44. The minimum absolute atomic E-state index is 0.0312. The lowest BCUT2D eigenvalue weighted by Crippen LogP contribution is -2.21. The van der Waals surface area contributed by atoms with Gasteiger partial charge in [0.1, 0.15) is 5.69 Å². The molecule has 1 aromatic carbocycles. The molecule has 0 aliphatic carbocycles. The summed E-state index contributed by atoms with van der Waals surface area (Å²) in [5.41, 5.74) is 1.32. The summed E-state index contributed by atoms with van der Waals surface area (Å²) in [4.78, 5) is 11.7. The van der Waals surface area contributed by atoms with Crippen LogP contribution >= 0.6 is 0 Å². The first kappa shape index (κ1) is 10.5. The standard InChI is InChI=1S/C11H12N4O/c1-12-8-11(16)10-7-13-14-15(10)9-5-3-2-4-6-9/h2-7,12H,8H2,1H3. The Balaban J connectivity index is 2.37. The Morgan fingerprint density at radius 3 is 2.81 bits per heavy atom. The summed E-state index contributed by atoms with van der Waals surface area (Å²) in [6, 6.07) is 9.46. The molecule has 0 unspecified atom stereocenters. The molecule has 5 heteroatoms. The van der Waals surface area contributed by atoms with E-state index in [1.165, 1.54) is 6.20 Å². The number of nitrogens with one attached hydrogen (secondary N) is 1. The van der Waals surface area contributed by atoms with Crippen LogP contribution in [0.1, 0.15) is 10.5 Å². The van der Waals surface area contributed by atoms with E-state index in [-0.39, 0.29) is 12.3 Å². The van der Waals surface area contributed by atoms with Crippen LogP contribution in [0.25, 0.3) is 5.69 Å². The molecular weight excluding hydrogens is 204 g/mol. The van der Waals surface area contributed by atoms with Crippen molar-refractivity contribution in [2.45, 2.75) is 0 Å². The van der Waals surface area contributed by atoms with Crippen molar-refractivity contribution in [2.75, 3.05) is 13.6 Å². The number of nitrogens with zero attached hydrogens (tertiary/aromatic N) is 3. The topological polar surface area (TPSA) is 59.8 Å². The Morgan fingerprint density at radius 2 is 2.12 bits per heavy atom. The molecule has 0 bridgehead atoms. The van der Waals surface area contributed by atoms with Gasteiger partial charge >= 0.3 is 0 Å². The summed E-state index contributed by atoms with van der Waals surface area (Å²) in [5.74, 6) is -0.0312. The highest BCUT2D eigenvalue weighted by Crippen LogP contribution is 2.08. The van der Waals surface area contributed by atoms with E-state index < -0.39 is 0 Å². The fourth-order valence-electron chi connectivity index (χ4n) is 1.44. The van der Waals surface area contributed by atoms with Gasteiger partial charge in [0.25, 0.3) is 0 Å². The van der Waals surface area contributed by atoms with Gasteiger partial charge in [-0.05, 0) is 19.2 Å². The second kappa shape index (κ2) is 4.67. The van der Waals surface area contributed by atoms with Gasteiger partial charge in [0.05, 0.1) is 18.4 Å². The minimum atomic E-state index is -0.0312. The molecule has 5 nitrogen and oxygen atoms in total. The van der Waals surface area contributed by atoms with Crippen LogP contribution in [0.2, 0.25) is 0 Å². The number of hydrogen-bond donors (Lipinski definition) is 1. The van der Waals surface area contributed by atoms with E-state index in [9.17, 15) is 4.79 Å². The van der Waals surface area contributed by atoms with Crippen LogP contribution in [0.15, 0.2) is 36.5 Å². The number of carbonyl (C=O) groups is 1. The maximum atomic E-state index is 11.7. The third-order valence-electron chi connectivity index (χ3n) is 2.17. The number of ketones is 1. The normalized spacial score (nSPS) is 10.3. The smallest absolute Gasteiger partial charge is 0.196 e. The average molecular weight is 216 g/mol. The number of hydrogen-bond acceptors (Lipinski definition) is 4. The van der Waals surface area contributed by atoms with Crippen molar-refractivity contribution < 1.29 is 4.79 Å². The van der Waals surface area contributed by atoms with Gasteiger partial charge in [0, 0.05) is 0 Å². The molecule has 1 heterocycles. The Morgan fingerprint density at radius 1 is 1.38 bits per heavy atom. The quantitative estimate of drug-likeness (QED) is 0.763. The van der Waals surface area contributed by atoms with E-state index in [0.717, 1.165) is 5.69 Å². The number of benzene rings is 1. The molecule has 0 spiro atoms. The molecule has 0 amide bonds. The first-order valence-electron chi connectivity index (χ1n) is 4.97. The van der Waals surface area contributed by atoms with E-state index in [1.807, 2.05) is 30.3 Å². The van der Waals surface area contributed by atoms with Crippen molar-refractivity contribution in [1.29, 1.82) is 0 Å². The largest absolute Gasteiger partial charge is 0.313 e. The molecule has 2 aromatic rings. The zero-order valence-electron chi connectivity index (χ0n) is 8.92. The maximum Gasteiger partial charge on any atom is 0.196 e. The third kappa shape index (κ3) is 1.99. The number of aromatic nitrogens is 3. The summed E-state index contributed by atoms with van der Waals surface area (Å²) in [6.45, 7) is 0.278. The Labute approximate surface area is 93.1 Å². The summed E-state index contributed by atoms with van der Waals surface area (Å²) in [6.07, 6.45) is 1.48. The van der Waals surface area contributed by atoms with Crippen LogP contribution in [-0.2, 0) is 0 Å². The van der Waals surface area contributed by atoms with Crippen LogP contribution in [0.4, 0.5) is 0 Å². The van der Waals surface area contributed by atoms with Gasteiger partial charge < -0.3 is 5.32 Å². The Bertz CT molecular complexity index is 478. The van der Waals surface area contributed by atoms with E-state index in [1.54, 1.807) is 11.7 Å². The van der Waals surface area contributed by atoms with Crippen molar-refractivity contribution in [3.63, 3.8) is 0 Å². The van der Waals surface area contributed by atoms with E-state index in [2.05, 4.69) is 15.6 Å². The van der Waals surface area contributed by atoms with Crippen molar-refractivity contribution in [2.24, 2.45) is 0 Å². The van der Waals surface area contributed by atoms with Crippen LogP contribution in [-0.4, -0.2) is 34.4 Å². The molecule has 1 N–H and O–H groups in total.